The van der Waals surface area contributed by atoms with Crippen LogP contribution < -0.4 is 42.3 Å². The molecule has 18 rings (SSSR count). The smallest absolute Gasteiger partial charge is 0.0781 e. The van der Waals surface area contributed by atoms with Crippen LogP contribution >= 0.6 is 0 Å². The largest absolute Gasteiger partial charge is 0.247 e. The van der Waals surface area contributed by atoms with Crippen LogP contribution in [0.1, 0.15) is 22.3 Å². The predicted molar refractivity (Wildman–Crippen MR) is 343 cm³/mol. The molecule has 0 saturated heterocycles. The standard InChI is InChI=1S/C80H52N4/c1-5-25-57(26-6-1)77-61-37-39-62(40-38-61)78(58-27-7-2-8-28-58)83-71-51-47-55-23-15-19-35-67(55)75(71)76-68-36-20-16-24-56(68)48-52-72(76)84-80(60-31-11-4-12-32-60)64-43-41-63(42-44-64)79(59-29-9-3-10-30-59)82-70-50-46-54-22-14-18-34-66(54)74(70)73-65-33-17-13-21-53(65)45-49-69(73)81-77/h1-52H/b74-73-,76-75-,77-61?,78-62?,79-63?,80-64?,81-69?,81-77?,82-70?,82-79?,83-71?,83-78?,84-72?,84-80?. The minimum atomic E-state index is 0.834. The summed E-state index contributed by atoms with van der Waals surface area (Å²) in [7, 11) is 0. The maximum atomic E-state index is 5.85. The van der Waals surface area contributed by atoms with Crippen molar-refractivity contribution in [2.75, 3.05) is 0 Å². The van der Waals surface area contributed by atoms with E-state index in [1.807, 2.05) is 0 Å². The van der Waals surface area contributed by atoms with Crippen LogP contribution in [-0.4, -0.2) is 0 Å². The van der Waals surface area contributed by atoms with E-state index in [0.29, 0.717) is 0 Å². The van der Waals surface area contributed by atoms with Crippen molar-refractivity contribution in [3.63, 3.8) is 0 Å². The molecular weight excluding hydrogens is 1020 g/mol. The summed E-state index contributed by atoms with van der Waals surface area (Å²) in [6, 6.07) is 112. The van der Waals surface area contributed by atoms with Crippen molar-refractivity contribution in [1.82, 2.24) is 0 Å². The molecule has 0 fully saturated rings. The van der Waals surface area contributed by atoms with Crippen molar-refractivity contribution in [1.29, 1.82) is 0 Å². The predicted octanol–water partition coefficient (Wildman–Crippen LogP) is 13.1. The van der Waals surface area contributed by atoms with Gasteiger partial charge in [0.1, 0.15) is 0 Å². The molecule has 0 atom stereocenters. The molecule has 14 aromatic rings. The molecule has 0 aliphatic carbocycles. The minimum absolute atomic E-state index is 0.834. The molecule has 14 aromatic carbocycles. The molecular formula is C80H52N4. The van der Waals surface area contributed by atoms with Crippen LogP contribution in [0, 0.1) is 20.9 Å². The van der Waals surface area contributed by atoms with E-state index in [0.717, 1.165) is 151 Å². The highest BCUT2D eigenvalue weighted by atomic mass is 14.8. The summed E-state index contributed by atoms with van der Waals surface area (Å²) < 4.78 is 0. The van der Waals surface area contributed by atoms with Crippen LogP contribution in [-0.2, 0) is 0 Å². The fourth-order valence-corrected chi connectivity index (χ4v) is 12.1. The van der Waals surface area contributed by atoms with Crippen LogP contribution in [0.3, 0.4) is 0 Å². The Morgan fingerprint density at radius 1 is 0.155 bits per heavy atom. The Kier molecular flexibility index (Phi) is 12.9. The first kappa shape index (κ1) is 49.8. The Balaban J connectivity index is 1.22. The van der Waals surface area contributed by atoms with Gasteiger partial charge in [-0.3, -0.25) is 0 Å². The van der Waals surface area contributed by atoms with Gasteiger partial charge in [0.15, 0.2) is 0 Å². The van der Waals surface area contributed by atoms with E-state index in [-0.39, 0.29) is 0 Å². The Morgan fingerprint density at radius 3 is 0.560 bits per heavy atom. The maximum Gasteiger partial charge on any atom is 0.0781 e. The van der Waals surface area contributed by atoms with Crippen molar-refractivity contribution >= 4 is 65.9 Å². The zero-order valence-electron chi connectivity index (χ0n) is 45.8. The van der Waals surface area contributed by atoms with Crippen LogP contribution in [0.5, 0.6) is 0 Å². The van der Waals surface area contributed by atoms with Gasteiger partial charge in [0, 0.05) is 64.0 Å². The van der Waals surface area contributed by atoms with Gasteiger partial charge in [0.2, 0.25) is 0 Å². The molecule has 4 bridgehead atoms. The maximum absolute atomic E-state index is 5.85. The monoisotopic (exact) mass is 1070 g/mol. The third-order valence-electron chi connectivity index (χ3n) is 16.1. The molecule has 0 amide bonds. The quantitative estimate of drug-likeness (QED) is 0.169. The Hall–Kier alpha value is -11.2. The lowest BCUT2D eigenvalue weighted by molar-refractivity contribution is 1.25. The number of rotatable bonds is 4. The lowest BCUT2D eigenvalue weighted by Gasteiger charge is -2.09. The molecule has 4 aliphatic rings. The lowest BCUT2D eigenvalue weighted by Crippen LogP contribution is -2.18. The van der Waals surface area contributed by atoms with Crippen molar-refractivity contribution in [2.24, 2.45) is 20.0 Å². The molecule has 4 aliphatic heterocycles. The number of fused-ring (bicyclic) bond motifs is 4. The van der Waals surface area contributed by atoms with Crippen molar-refractivity contribution in [2.45, 2.75) is 0 Å². The lowest BCUT2D eigenvalue weighted by atomic mass is 10.0. The summed E-state index contributed by atoms with van der Waals surface area (Å²) in [4.78, 5) is 23.4. The van der Waals surface area contributed by atoms with E-state index < -0.39 is 0 Å². The number of nitrogens with zero attached hydrogens (tertiary/aromatic N) is 4. The van der Waals surface area contributed by atoms with E-state index in [4.69, 9.17) is 20.0 Å². The molecule has 84 heavy (non-hydrogen) atoms. The van der Waals surface area contributed by atoms with E-state index in [9.17, 15) is 0 Å². The molecule has 0 unspecified atom stereocenters. The summed E-state index contributed by atoms with van der Waals surface area (Å²) in [6.07, 6.45) is 0. The van der Waals surface area contributed by atoms with Gasteiger partial charge in [0.05, 0.1) is 44.2 Å². The van der Waals surface area contributed by atoms with Gasteiger partial charge in [-0.2, -0.15) is 0 Å². The van der Waals surface area contributed by atoms with Gasteiger partial charge in [-0.1, -0.05) is 291 Å². The molecule has 392 valence electrons. The second-order valence-corrected chi connectivity index (χ2v) is 21.2. The highest BCUT2D eigenvalue weighted by molar-refractivity contribution is 5.89. The van der Waals surface area contributed by atoms with Gasteiger partial charge < -0.3 is 0 Å². The minimum Gasteiger partial charge on any atom is -0.247 e. The molecule has 0 aromatic heterocycles. The van der Waals surface area contributed by atoms with Crippen molar-refractivity contribution in [3.8, 4) is 0 Å². The highest BCUT2D eigenvalue weighted by Gasteiger charge is 2.13. The molecule has 0 radical (unpaired) electrons. The summed E-state index contributed by atoms with van der Waals surface area (Å²) >= 11 is 0. The van der Waals surface area contributed by atoms with Crippen molar-refractivity contribution < 1.29 is 0 Å². The topological polar surface area (TPSA) is 49.4 Å². The average Bonchev–Trinajstić information content (AvgIpc) is 2.88. The third kappa shape index (κ3) is 9.28. The first-order valence-electron chi connectivity index (χ1n) is 28.5. The van der Waals surface area contributed by atoms with Gasteiger partial charge in [-0.15, -0.1) is 0 Å². The van der Waals surface area contributed by atoms with E-state index in [1.165, 1.54) is 0 Å². The molecule has 4 heterocycles. The summed E-state index contributed by atoms with van der Waals surface area (Å²) in [5, 5.41) is 20.0. The average molecular weight is 1070 g/mol. The van der Waals surface area contributed by atoms with Gasteiger partial charge in [0.25, 0.3) is 0 Å². The van der Waals surface area contributed by atoms with Gasteiger partial charge >= 0.3 is 0 Å². The second-order valence-electron chi connectivity index (χ2n) is 21.2. The highest BCUT2D eigenvalue weighted by Crippen LogP contribution is 2.23. The normalized spacial score (nSPS) is 13.4. The van der Waals surface area contributed by atoms with Gasteiger partial charge in [-0.05, 0) is 67.4 Å². The van der Waals surface area contributed by atoms with E-state index in [2.05, 4.69) is 315 Å². The fourth-order valence-electron chi connectivity index (χ4n) is 12.1. The summed E-state index contributed by atoms with van der Waals surface area (Å²) in [5.74, 6) is 0. The van der Waals surface area contributed by atoms with Crippen LogP contribution in [0.15, 0.2) is 335 Å². The first-order valence-corrected chi connectivity index (χ1v) is 28.5. The van der Waals surface area contributed by atoms with E-state index >= 15 is 0 Å². The second kappa shape index (κ2) is 21.7. The Morgan fingerprint density at radius 2 is 0.345 bits per heavy atom. The summed E-state index contributed by atoms with van der Waals surface area (Å²) in [5.41, 5.74) is 7.37. The fraction of sp³-hybridized carbons (Fsp3) is 0. The third-order valence-corrected chi connectivity index (χ3v) is 16.1. The Labute approximate surface area is 484 Å². The first-order chi connectivity index (χ1) is 41.7. The molecule has 0 saturated carbocycles. The number of benzene rings is 14. The molecule has 4 heteroatoms. The Bertz CT molecular complexity index is 4950. The van der Waals surface area contributed by atoms with Gasteiger partial charge in [-0.25, -0.2) is 20.0 Å². The number of hydrogen-bond acceptors (Lipinski definition) is 4. The zero-order valence-corrected chi connectivity index (χ0v) is 45.8. The van der Waals surface area contributed by atoms with Crippen molar-refractivity contribution in [3.05, 3.63) is 401 Å². The molecule has 0 N–H and O–H groups in total. The zero-order chi connectivity index (χ0) is 55.8. The summed E-state index contributed by atoms with van der Waals surface area (Å²) in [6.45, 7) is 0. The molecule has 4 nitrogen and oxygen atoms in total. The van der Waals surface area contributed by atoms with Crippen LogP contribution in [0.4, 0.5) is 0 Å². The number of hydrogen-bond donors (Lipinski definition) is 0. The molecule has 0 spiro atoms. The van der Waals surface area contributed by atoms with E-state index in [1.54, 1.807) is 0 Å². The van der Waals surface area contributed by atoms with Crippen LogP contribution in [0.2, 0.25) is 0 Å². The SMILES string of the molecule is c1ccc(C2=c3ccc(cc3)=C(c3ccccc3)N=c3ccc4ccccc4/c3=c3/c(ccc4ccccc34)=NC(c3ccccc3)=c3ccc(cc3)=C(c3ccccc3)N=c3ccc4ccccc4/c3=c3/c(ccc4ccccc34)=N2)cc1. The van der Waals surface area contributed by atoms with Crippen LogP contribution in [0.25, 0.3) is 65.9 Å².